The molecule has 19 heavy (non-hydrogen) atoms. The van der Waals surface area contributed by atoms with Crippen molar-refractivity contribution in [3.05, 3.63) is 5.69 Å². The zero-order chi connectivity index (χ0) is 14.5. The second kappa shape index (κ2) is 7.18. The lowest BCUT2D eigenvalue weighted by Gasteiger charge is -2.17. The molecule has 0 fully saturated rings. The van der Waals surface area contributed by atoms with Gasteiger partial charge in [0.1, 0.15) is 0 Å². The summed E-state index contributed by atoms with van der Waals surface area (Å²) in [6.07, 6.45) is 0.786. The van der Waals surface area contributed by atoms with Crippen LogP contribution >= 0.6 is 11.3 Å². The van der Waals surface area contributed by atoms with Crippen LogP contribution in [0.25, 0.3) is 0 Å². The first kappa shape index (κ1) is 16.4. The van der Waals surface area contributed by atoms with Crippen molar-refractivity contribution in [1.29, 1.82) is 0 Å². The molecule has 0 saturated carbocycles. The molecule has 1 rings (SSSR count). The van der Waals surface area contributed by atoms with Crippen LogP contribution in [0.4, 0.5) is 5.13 Å². The summed E-state index contributed by atoms with van der Waals surface area (Å²) in [5.41, 5.74) is 5.97. The Hall–Kier alpha value is -0.700. The van der Waals surface area contributed by atoms with Crippen LogP contribution < -0.4 is 10.5 Å². The third-order valence-corrected chi connectivity index (χ3v) is 5.91. The fourth-order valence-electron chi connectivity index (χ4n) is 1.77. The van der Waals surface area contributed by atoms with Crippen molar-refractivity contribution >= 4 is 26.5 Å². The maximum atomic E-state index is 12.0. The van der Waals surface area contributed by atoms with Crippen LogP contribution in [0, 0.1) is 6.92 Å². The van der Waals surface area contributed by atoms with Gasteiger partial charge in [-0.05, 0) is 33.0 Å². The fourth-order valence-corrected chi connectivity index (χ4v) is 4.18. The van der Waals surface area contributed by atoms with Gasteiger partial charge in [-0.15, -0.1) is 0 Å². The Morgan fingerprint density at radius 1 is 1.37 bits per heavy atom. The maximum Gasteiger partial charge on any atom is 0.252 e. The average molecular weight is 306 g/mol. The highest BCUT2D eigenvalue weighted by molar-refractivity contribution is 7.91. The summed E-state index contributed by atoms with van der Waals surface area (Å²) in [4.78, 5) is 6.18. The number of hydrogen-bond acceptors (Lipinski definition) is 6. The Labute approximate surface area is 119 Å². The van der Waals surface area contributed by atoms with Gasteiger partial charge >= 0.3 is 0 Å². The van der Waals surface area contributed by atoms with E-state index in [1.54, 1.807) is 6.92 Å². The predicted molar refractivity (Wildman–Crippen MR) is 78.9 cm³/mol. The molecular formula is C11H22N4O2S2. The number of nitrogens with zero attached hydrogens (tertiary/aromatic N) is 2. The summed E-state index contributed by atoms with van der Waals surface area (Å²) >= 11 is 1.00. The first-order valence-electron chi connectivity index (χ1n) is 6.35. The average Bonchev–Trinajstić information content (AvgIpc) is 2.69. The van der Waals surface area contributed by atoms with Gasteiger partial charge in [0, 0.05) is 6.54 Å². The van der Waals surface area contributed by atoms with Gasteiger partial charge in [-0.3, -0.25) is 0 Å². The quantitative estimate of drug-likeness (QED) is 0.701. The van der Waals surface area contributed by atoms with Crippen molar-refractivity contribution in [2.75, 3.05) is 31.9 Å². The Morgan fingerprint density at radius 2 is 2.00 bits per heavy atom. The predicted octanol–water partition coefficient (Wildman–Crippen LogP) is 1.04. The molecule has 0 saturated heterocycles. The van der Waals surface area contributed by atoms with Gasteiger partial charge in [0.2, 0.25) is 0 Å². The number of aryl methyl sites for hydroxylation is 1. The Balaban J connectivity index is 2.50. The fraction of sp³-hybridized carbons (Fsp3) is 0.727. The highest BCUT2D eigenvalue weighted by atomic mass is 32.2. The molecule has 1 aromatic heterocycles. The molecule has 0 amide bonds. The minimum Gasteiger partial charge on any atom is -0.375 e. The standard InChI is InChI=1S/C11H22N4O2S2/c1-4-15(5-2)8-6-7-13-19(16,17)10-9(3)14-11(12)18-10/h13H,4-8H2,1-3H3,(H2,12,14). The van der Waals surface area contributed by atoms with E-state index in [9.17, 15) is 8.42 Å². The van der Waals surface area contributed by atoms with E-state index in [-0.39, 0.29) is 9.34 Å². The molecule has 6 nitrogen and oxygen atoms in total. The molecule has 0 unspecified atom stereocenters. The summed E-state index contributed by atoms with van der Waals surface area (Å²) in [7, 11) is -3.47. The first-order valence-corrected chi connectivity index (χ1v) is 8.65. The molecule has 3 N–H and O–H groups in total. The third-order valence-electron chi connectivity index (χ3n) is 2.85. The molecule has 1 heterocycles. The van der Waals surface area contributed by atoms with E-state index in [1.807, 2.05) is 0 Å². The van der Waals surface area contributed by atoms with Crippen molar-refractivity contribution in [2.45, 2.75) is 31.4 Å². The van der Waals surface area contributed by atoms with Gasteiger partial charge in [0.15, 0.2) is 9.34 Å². The number of aromatic nitrogens is 1. The largest absolute Gasteiger partial charge is 0.375 e. The summed E-state index contributed by atoms with van der Waals surface area (Å²) in [6, 6.07) is 0. The van der Waals surface area contributed by atoms with Gasteiger partial charge in [0.25, 0.3) is 10.0 Å². The molecule has 0 spiro atoms. The molecule has 0 aliphatic heterocycles. The third kappa shape index (κ3) is 4.72. The van der Waals surface area contributed by atoms with Crippen LogP contribution in [0.1, 0.15) is 26.0 Å². The molecule has 110 valence electrons. The summed E-state index contributed by atoms with van der Waals surface area (Å²) in [5, 5.41) is 0.279. The van der Waals surface area contributed by atoms with E-state index < -0.39 is 10.0 Å². The van der Waals surface area contributed by atoms with Crippen LogP contribution in [0.5, 0.6) is 0 Å². The zero-order valence-corrected chi connectivity index (χ0v) is 13.3. The van der Waals surface area contributed by atoms with Crippen LogP contribution in [0.15, 0.2) is 4.21 Å². The molecule has 0 aromatic carbocycles. The second-order valence-corrected chi connectivity index (χ2v) is 7.20. The second-order valence-electron chi connectivity index (χ2n) is 4.20. The van der Waals surface area contributed by atoms with E-state index in [0.717, 1.165) is 37.4 Å². The first-order chi connectivity index (χ1) is 8.90. The summed E-state index contributed by atoms with van der Waals surface area (Å²) in [5.74, 6) is 0. The monoisotopic (exact) mass is 306 g/mol. The maximum absolute atomic E-state index is 12.0. The highest BCUT2D eigenvalue weighted by Crippen LogP contribution is 2.24. The lowest BCUT2D eigenvalue weighted by molar-refractivity contribution is 0.300. The lowest BCUT2D eigenvalue weighted by Crippen LogP contribution is -2.29. The van der Waals surface area contributed by atoms with Crippen LogP contribution in [0.2, 0.25) is 0 Å². The van der Waals surface area contributed by atoms with Gasteiger partial charge in [-0.25, -0.2) is 18.1 Å². The molecule has 1 aromatic rings. The number of rotatable bonds is 8. The van der Waals surface area contributed by atoms with Gasteiger partial charge < -0.3 is 10.6 Å². The summed E-state index contributed by atoms with van der Waals surface area (Å²) < 4.78 is 26.9. The van der Waals surface area contributed by atoms with E-state index in [2.05, 4.69) is 28.5 Å². The molecule has 0 bridgehead atoms. The molecular weight excluding hydrogens is 284 g/mol. The number of hydrogen-bond donors (Lipinski definition) is 2. The van der Waals surface area contributed by atoms with Crippen LogP contribution in [0.3, 0.4) is 0 Å². The van der Waals surface area contributed by atoms with E-state index in [4.69, 9.17) is 5.73 Å². The van der Waals surface area contributed by atoms with Crippen molar-refractivity contribution < 1.29 is 8.42 Å². The molecule has 0 atom stereocenters. The van der Waals surface area contributed by atoms with Crippen molar-refractivity contribution in [3.8, 4) is 0 Å². The van der Waals surface area contributed by atoms with E-state index in [1.165, 1.54) is 0 Å². The number of sulfonamides is 1. The number of nitrogens with one attached hydrogen (secondary N) is 1. The van der Waals surface area contributed by atoms with Gasteiger partial charge in [0.05, 0.1) is 5.69 Å². The molecule has 8 heteroatoms. The minimum atomic E-state index is -3.47. The molecule has 0 aliphatic rings. The highest BCUT2D eigenvalue weighted by Gasteiger charge is 2.20. The van der Waals surface area contributed by atoms with Crippen molar-refractivity contribution in [2.24, 2.45) is 0 Å². The lowest BCUT2D eigenvalue weighted by atomic mass is 10.4. The smallest absolute Gasteiger partial charge is 0.252 e. The van der Waals surface area contributed by atoms with E-state index >= 15 is 0 Å². The Bertz CT molecular complexity index is 495. The van der Waals surface area contributed by atoms with Gasteiger partial charge in [-0.2, -0.15) is 0 Å². The van der Waals surface area contributed by atoms with Crippen LogP contribution in [-0.2, 0) is 10.0 Å². The zero-order valence-electron chi connectivity index (χ0n) is 11.6. The molecule has 0 radical (unpaired) electrons. The topological polar surface area (TPSA) is 88.3 Å². The number of thiazole rings is 1. The van der Waals surface area contributed by atoms with Crippen molar-refractivity contribution in [3.63, 3.8) is 0 Å². The number of anilines is 1. The van der Waals surface area contributed by atoms with E-state index in [0.29, 0.717) is 12.2 Å². The van der Waals surface area contributed by atoms with Gasteiger partial charge in [-0.1, -0.05) is 25.2 Å². The number of nitrogen functional groups attached to an aromatic ring is 1. The van der Waals surface area contributed by atoms with Crippen molar-refractivity contribution in [1.82, 2.24) is 14.6 Å². The normalized spacial score (nSPS) is 12.2. The minimum absolute atomic E-state index is 0.216. The Kier molecular flexibility index (Phi) is 6.18. The SMILES string of the molecule is CCN(CC)CCCNS(=O)(=O)c1sc(N)nc1C. The summed E-state index contributed by atoms with van der Waals surface area (Å²) in [6.45, 7) is 9.11. The molecule has 0 aliphatic carbocycles. The number of nitrogens with two attached hydrogens (primary N) is 1. The van der Waals surface area contributed by atoms with Crippen LogP contribution in [-0.4, -0.2) is 44.5 Å². The Morgan fingerprint density at radius 3 is 2.47 bits per heavy atom.